The number of carbonyl (C=O) groups excluding carboxylic acids is 3. The summed E-state index contributed by atoms with van der Waals surface area (Å²) < 4.78 is 16.8. The Balaban J connectivity index is 4.36. The molecule has 0 aliphatic carbocycles. The Kier molecular flexibility index (Phi) is 61.9. The zero-order valence-corrected chi connectivity index (χ0v) is 51.1. The third kappa shape index (κ3) is 64.0. The van der Waals surface area contributed by atoms with E-state index in [1.165, 1.54) is 103 Å². The Morgan fingerprint density at radius 2 is 0.506 bits per heavy atom. The first-order valence-electron chi connectivity index (χ1n) is 32.3. The van der Waals surface area contributed by atoms with Gasteiger partial charge in [0.15, 0.2) is 6.10 Å². The number of ether oxygens (including phenoxy) is 3. The predicted octanol–water partition coefficient (Wildman–Crippen LogP) is 22.3. The second-order valence-electron chi connectivity index (χ2n) is 20.9. The fourth-order valence-corrected chi connectivity index (χ4v) is 8.45. The van der Waals surface area contributed by atoms with Crippen LogP contribution >= 0.6 is 0 Å². The van der Waals surface area contributed by atoms with Crippen LogP contribution in [-0.2, 0) is 28.6 Å². The van der Waals surface area contributed by atoms with Gasteiger partial charge in [0.2, 0.25) is 0 Å². The van der Waals surface area contributed by atoms with Crippen molar-refractivity contribution in [2.45, 2.75) is 284 Å². The van der Waals surface area contributed by atoms with Crippen LogP contribution in [0.1, 0.15) is 278 Å². The van der Waals surface area contributed by atoms with Crippen LogP contribution in [0.15, 0.2) is 146 Å². The van der Waals surface area contributed by atoms with Crippen molar-refractivity contribution in [1.29, 1.82) is 0 Å². The molecule has 0 amide bonds. The molecule has 1 unspecified atom stereocenters. The molecule has 0 aromatic carbocycles. The summed E-state index contributed by atoms with van der Waals surface area (Å²) in [4.78, 5) is 38.2. The van der Waals surface area contributed by atoms with Crippen molar-refractivity contribution in [1.82, 2.24) is 0 Å². The number of rotatable bonds is 57. The maximum absolute atomic E-state index is 12.9. The molecule has 0 spiro atoms. The first kappa shape index (κ1) is 74.3. The number of hydrogen-bond acceptors (Lipinski definition) is 6. The van der Waals surface area contributed by atoms with E-state index in [0.29, 0.717) is 25.7 Å². The Labute approximate surface area is 487 Å². The predicted molar refractivity (Wildman–Crippen MR) is 343 cm³/mol. The van der Waals surface area contributed by atoms with Gasteiger partial charge in [-0.05, 0) is 141 Å². The molecule has 0 aromatic rings. The highest BCUT2D eigenvalue weighted by molar-refractivity contribution is 5.71. The summed E-state index contributed by atoms with van der Waals surface area (Å²) >= 11 is 0. The molecule has 1 atom stereocenters. The van der Waals surface area contributed by atoms with Gasteiger partial charge in [0.1, 0.15) is 13.2 Å². The summed E-state index contributed by atoms with van der Waals surface area (Å²) in [5, 5.41) is 0. The largest absolute Gasteiger partial charge is 0.462 e. The number of hydrogen-bond donors (Lipinski definition) is 0. The molecule has 6 nitrogen and oxygen atoms in total. The number of unbranched alkanes of at least 4 members (excludes halogenated alkanes) is 22. The zero-order chi connectivity index (χ0) is 57.1. The molecule has 0 N–H and O–H groups in total. The number of allylic oxidation sites excluding steroid dienone is 24. The van der Waals surface area contributed by atoms with Crippen molar-refractivity contribution in [3.8, 4) is 0 Å². The third-order valence-corrected chi connectivity index (χ3v) is 13.3. The van der Waals surface area contributed by atoms with Crippen LogP contribution in [0.5, 0.6) is 0 Å². The van der Waals surface area contributed by atoms with Crippen molar-refractivity contribution in [3.05, 3.63) is 146 Å². The average molecular weight is 1090 g/mol. The number of esters is 3. The lowest BCUT2D eigenvalue weighted by Crippen LogP contribution is -2.30. The van der Waals surface area contributed by atoms with Gasteiger partial charge in [-0.1, -0.05) is 263 Å². The first-order valence-corrected chi connectivity index (χ1v) is 32.3. The summed E-state index contributed by atoms with van der Waals surface area (Å²) in [5.74, 6) is -0.962. The second-order valence-corrected chi connectivity index (χ2v) is 20.9. The van der Waals surface area contributed by atoms with E-state index < -0.39 is 6.10 Å². The quantitative estimate of drug-likeness (QED) is 0.0261. The average Bonchev–Trinajstić information content (AvgIpc) is 3.45. The van der Waals surface area contributed by atoms with E-state index in [-0.39, 0.29) is 31.1 Å². The van der Waals surface area contributed by atoms with Crippen LogP contribution in [0, 0.1) is 0 Å². The fourth-order valence-electron chi connectivity index (χ4n) is 8.45. The Bertz CT molecular complexity index is 1730. The van der Waals surface area contributed by atoms with Crippen LogP contribution < -0.4 is 0 Å². The summed E-state index contributed by atoms with van der Waals surface area (Å²) in [5.41, 5.74) is 0. The van der Waals surface area contributed by atoms with Crippen LogP contribution in [-0.4, -0.2) is 37.2 Å². The molecular weight excluding hydrogens is 973 g/mol. The maximum atomic E-state index is 12.9. The van der Waals surface area contributed by atoms with Crippen LogP contribution in [0.25, 0.3) is 0 Å². The minimum atomic E-state index is -0.807. The minimum absolute atomic E-state index is 0.102. The minimum Gasteiger partial charge on any atom is -0.462 e. The lowest BCUT2D eigenvalue weighted by Gasteiger charge is -2.18. The SMILES string of the molecule is CC/C=C\C/C=C\C/C=C\C/C=C\C/C=C\C/C=C\C/C=C\C/C=C\C/C=C\C/C=C\CCCCC(=O)OCC(COC(=O)CCCCCCC/C=C\CCCC)OC(=O)CCCCCCCCC/C=C\CCCCCCCC. The molecule has 0 saturated heterocycles. The Morgan fingerprint density at radius 1 is 0.266 bits per heavy atom. The normalized spacial score (nSPS) is 13.1. The van der Waals surface area contributed by atoms with Crippen LogP contribution in [0.2, 0.25) is 0 Å². The van der Waals surface area contributed by atoms with Gasteiger partial charge in [-0.2, -0.15) is 0 Å². The zero-order valence-electron chi connectivity index (χ0n) is 51.1. The van der Waals surface area contributed by atoms with Gasteiger partial charge in [0.25, 0.3) is 0 Å². The molecule has 0 fully saturated rings. The third-order valence-electron chi connectivity index (χ3n) is 13.3. The van der Waals surface area contributed by atoms with E-state index in [1.54, 1.807) is 0 Å². The van der Waals surface area contributed by atoms with Gasteiger partial charge >= 0.3 is 17.9 Å². The highest BCUT2D eigenvalue weighted by Crippen LogP contribution is 2.14. The maximum Gasteiger partial charge on any atom is 0.306 e. The smallest absolute Gasteiger partial charge is 0.306 e. The highest BCUT2D eigenvalue weighted by Gasteiger charge is 2.19. The molecule has 446 valence electrons. The van der Waals surface area contributed by atoms with E-state index in [4.69, 9.17) is 14.2 Å². The molecule has 0 rings (SSSR count). The molecule has 0 aromatic heterocycles. The van der Waals surface area contributed by atoms with Crippen molar-refractivity contribution < 1.29 is 28.6 Å². The van der Waals surface area contributed by atoms with E-state index in [1.807, 2.05) is 0 Å². The summed E-state index contributed by atoms with van der Waals surface area (Å²) in [6, 6.07) is 0. The molecule has 0 aliphatic heterocycles. The monoisotopic (exact) mass is 1090 g/mol. The van der Waals surface area contributed by atoms with Gasteiger partial charge in [-0.3, -0.25) is 14.4 Å². The van der Waals surface area contributed by atoms with E-state index in [0.717, 1.165) is 128 Å². The van der Waals surface area contributed by atoms with Crippen molar-refractivity contribution in [3.63, 3.8) is 0 Å². The van der Waals surface area contributed by atoms with Gasteiger partial charge in [-0.25, -0.2) is 0 Å². The molecule has 0 bridgehead atoms. The molecule has 0 saturated carbocycles. The van der Waals surface area contributed by atoms with Crippen LogP contribution in [0.3, 0.4) is 0 Å². The topological polar surface area (TPSA) is 78.9 Å². The number of carbonyl (C=O) groups is 3. The van der Waals surface area contributed by atoms with E-state index in [2.05, 4.69) is 167 Å². The lowest BCUT2D eigenvalue weighted by atomic mass is 10.1. The molecule has 0 aliphatic rings. The van der Waals surface area contributed by atoms with E-state index >= 15 is 0 Å². The Morgan fingerprint density at radius 3 is 0.848 bits per heavy atom. The second kappa shape index (κ2) is 65.8. The van der Waals surface area contributed by atoms with Gasteiger partial charge < -0.3 is 14.2 Å². The summed E-state index contributed by atoms with van der Waals surface area (Å²) in [6.07, 6.45) is 94.3. The van der Waals surface area contributed by atoms with Gasteiger partial charge in [0, 0.05) is 19.3 Å². The Hall–Kier alpha value is -4.71. The molecule has 79 heavy (non-hydrogen) atoms. The van der Waals surface area contributed by atoms with Gasteiger partial charge in [-0.15, -0.1) is 0 Å². The molecule has 6 heteroatoms. The summed E-state index contributed by atoms with van der Waals surface area (Å²) in [7, 11) is 0. The lowest BCUT2D eigenvalue weighted by molar-refractivity contribution is -0.167. The molecular formula is C73H118O6. The van der Waals surface area contributed by atoms with Crippen molar-refractivity contribution in [2.75, 3.05) is 13.2 Å². The standard InChI is InChI=1S/C73H118O6/c1-4-7-10-13-16-19-22-24-26-28-29-30-31-32-33-34-35-36-37-38-39-40-41-42-43-45-46-48-51-54-57-60-63-66-72(75)78-69-70(68-77-71(74)65-62-59-56-53-50-21-18-15-12-9-6-3)79-73(76)67-64-61-58-55-52-49-47-44-27-25-23-20-17-14-11-8-5-2/h7,10,15-16,18-19,24-27,29-30,32-33,35-36,38-39,41-42,45-46,51,54,70H,4-6,8-9,11-14,17,20-23,28,31,34,37,40,43-44,47-50,52-53,55-69H2,1-3H3/b10-7-,18-15-,19-16-,26-24-,27-25-,30-29-,33-32-,36-35-,39-38-,42-41-,46-45-,54-51-. The molecule has 0 radical (unpaired) electrons. The van der Waals surface area contributed by atoms with Crippen molar-refractivity contribution >= 4 is 17.9 Å². The summed E-state index contributed by atoms with van der Waals surface area (Å²) in [6.45, 7) is 6.44. The van der Waals surface area contributed by atoms with Crippen molar-refractivity contribution in [2.24, 2.45) is 0 Å². The van der Waals surface area contributed by atoms with Gasteiger partial charge in [0.05, 0.1) is 0 Å². The van der Waals surface area contributed by atoms with E-state index in [9.17, 15) is 14.4 Å². The first-order chi connectivity index (χ1) is 39.0. The highest BCUT2D eigenvalue weighted by atomic mass is 16.6. The molecule has 0 heterocycles. The fraction of sp³-hybridized carbons (Fsp3) is 0.630. The van der Waals surface area contributed by atoms with Crippen LogP contribution in [0.4, 0.5) is 0 Å².